The maximum atomic E-state index is 12.8. The van der Waals surface area contributed by atoms with Crippen molar-refractivity contribution in [3.05, 3.63) is 64.2 Å². The summed E-state index contributed by atoms with van der Waals surface area (Å²) in [4.78, 5) is 12.2. The first-order valence-electron chi connectivity index (χ1n) is 7.45. The fourth-order valence-corrected chi connectivity index (χ4v) is 2.21. The zero-order valence-corrected chi connectivity index (χ0v) is 14.5. The normalized spacial score (nSPS) is 11.9. The number of rotatable bonds is 5. The van der Waals surface area contributed by atoms with Gasteiger partial charge in [-0.3, -0.25) is 4.79 Å². The van der Waals surface area contributed by atoms with Gasteiger partial charge in [-0.05, 0) is 42.0 Å². The number of carbonyl (C=O) groups excluding carboxylic acids is 1. The molecule has 28 heavy (non-hydrogen) atoms. The van der Waals surface area contributed by atoms with E-state index in [-0.39, 0.29) is 16.5 Å². The van der Waals surface area contributed by atoms with Gasteiger partial charge < -0.3 is 10.1 Å². The number of hydrogen-bond acceptors (Lipinski definition) is 3. The van der Waals surface area contributed by atoms with Gasteiger partial charge >= 0.3 is 12.8 Å². The van der Waals surface area contributed by atoms with Crippen LogP contribution < -0.4 is 10.1 Å². The molecule has 0 aromatic heterocycles. The van der Waals surface area contributed by atoms with Gasteiger partial charge in [0.2, 0.25) is 0 Å². The molecule has 1 amide bonds. The molecule has 0 aliphatic carbocycles. The Kier molecular flexibility index (Phi) is 6.59. The Morgan fingerprint density at radius 3 is 2.36 bits per heavy atom. The third kappa shape index (κ3) is 5.69. The summed E-state index contributed by atoms with van der Waals surface area (Å²) in [5, 5.41) is 11.1. The van der Waals surface area contributed by atoms with Crippen molar-refractivity contribution in [1.29, 1.82) is 5.26 Å². The molecule has 146 valence electrons. The lowest BCUT2D eigenvalue weighted by molar-refractivity contribution is -0.137. The van der Waals surface area contributed by atoms with Crippen LogP contribution >= 0.6 is 11.6 Å². The molecule has 0 bridgehead atoms. The van der Waals surface area contributed by atoms with Crippen LogP contribution in [0.4, 0.5) is 27.6 Å². The van der Waals surface area contributed by atoms with Gasteiger partial charge in [0.25, 0.3) is 5.91 Å². The monoisotopic (exact) mass is 416 g/mol. The minimum absolute atomic E-state index is 0.120. The van der Waals surface area contributed by atoms with Crippen molar-refractivity contribution in [2.24, 2.45) is 0 Å². The van der Waals surface area contributed by atoms with Crippen LogP contribution in [0.1, 0.15) is 11.1 Å². The molecular formula is C18H10ClF5N2O2. The van der Waals surface area contributed by atoms with Crippen molar-refractivity contribution in [1.82, 2.24) is 0 Å². The Morgan fingerprint density at radius 2 is 1.82 bits per heavy atom. The third-order valence-corrected chi connectivity index (χ3v) is 3.65. The molecule has 0 heterocycles. The van der Waals surface area contributed by atoms with Crippen molar-refractivity contribution in [3.8, 4) is 11.8 Å². The van der Waals surface area contributed by atoms with E-state index in [0.29, 0.717) is 11.6 Å². The summed E-state index contributed by atoms with van der Waals surface area (Å²) in [5.41, 5.74) is -1.47. The first-order chi connectivity index (χ1) is 13.1. The molecule has 1 N–H and O–H groups in total. The summed E-state index contributed by atoms with van der Waals surface area (Å²) in [7, 11) is 0. The number of benzene rings is 2. The summed E-state index contributed by atoms with van der Waals surface area (Å²) in [6.07, 6.45) is -3.51. The zero-order chi connectivity index (χ0) is 20.9. The molecule has 0 unspecified atom stereocenters. The number of carbonyl (C=O) groups is 1. The average molecular weight is 417 g/mol. The second-order valence-electron chi connectivity index (χ2n) is 5.26. The number of nitriles is 1. The number of ether oxygens (including phenoxy) is 1. The van der Waals surface area contributed by atoms with Gasteiger partial charge in [0.15, 0.2) is 0 Å². The van der Waals surface area contributed by atoms with E-state index in [2.05, 4.69) is 10.1 Å². The van der Waals surface area contributed by atoms with Crippen molar-refractivity contribution < 1.29 is 31.5 Å². The SMILES string of the molecule is N#C/C(=C/c1ccc(OC(F)F)cc1)C(=O)Nc1cc(C(F)(F)F)ccc1Cl. The number of amides is 1. The summed E-state index contributed by atoms with van der Waals surface area (Å²) < 4.78 is 66.8. The molecular weight excluding hydrogens is 407 g/mol. The van der Waals surface area contributed by atoms with Gasteiger partial charge in [-0.1, -0.05) is 23.7 Å². The Balaban J connectivity index is 2.22. The number of nitrogens with zero attached hydrogens (tertiary/aromatic N) is 1. The van der Waals surface area contributed by atoms with E-state index in [1.165, 1.54) is 24.3 Å². The summed E-state index contributed by atoms with van der Waals surface area (Å²) in [6.45, 7) is -3.00. The first kappa shape index (κ1) is 21.2. The molecule has 0 aliphatic heterocycles. The highest BCUT2D eigenvalue weighted by molar-refractivity contribution is 6.34. The topological polar surface area (TPSA) is 62.1 Å². The Bertz CT molecular complexity index is 934. The van der Waals surface area contributed by atoms with Crippen molar-refractivity contribution in [2.75, 3.05) is 5.32 Å². The van der Waals surface area contributed by atoms with E-state index in [0.717, 1.165) is 18.2 Å². The molecule has 10 heteroatoms. The van der Waals surface area contributed by atoms with Crippen LogP contribution in [0.25, 0.3) is 6.08 Å². The molecule has 0 saturated carbocycles. The fourth-order valence-electron chi connectivity index (χ4n) is 2.05. The summed E-state index contributed by atoms with van der Waals surface area (Å²) in [5.74, 6) is -1.11. The van der Waals surface area contributed by atoms with E-state index in [1.807, 2.05) is 0 Å². The van der Waals surface area contributed by atoms with Crippen LogP contribution in [0.3, 0.4) is 0 Å². The standard InChI is InChI=1S/C18H10ClF5N2O2/c19-14-6-3-12(18(22,23)24)8-15(14)26-16(27)11(9-25)7-10-1-4-13(5-2-10)28-17(20)21/h1-8,17H,(H,26,27)/b11-7-. The minimum atomic E-state index is -4.64. The molecule has 2 aromatic carbocycles. The van der Waals surface area contributed by atoms with Crippen LogP contribution in [0.5, 0.6) is 5.75 Å². The van der Waals surface area contributed by atoms with Gasteiger partial charge in [0.05, 0.1) is 16.3 Å². The van der Waals surface area contributed by atoms with Crippen LogP contribution in [-0.4, -0.2) is 12.5 Å². The third-order valence-electron chi connectivity index (χ3n) is 3.32. The molecule has 0 radical (unpaired) electrons. The molecule has 0 atom stereocenters. The van der Waals surface area contributed by atoms with Crippen molar-refractivity contribution in [3.63, 3.8) is 0 Å². The smallest absolute Gasteiger partial charge is 0.416 e. The largest absolute Gasteiger partial charge is 0.435 e. The van der Waals surface area contributed by atoms with Crippen molar-refractivity contribution in [2.45, 2.75) is 12.8 Å². The first-order valence-corrected chi connectivity index (χ1v) is 7.82. The number of halogens is 6. The highest BCUT2D eigenvalue weighted by Gasteiger charge is 2.31. The molecule has 0 saturated heterocycles. The molecule has 0 aliphatic rings. The average Bonchev–Trinajstić information content (AvgIpc) is 2.61. The highest BCUT2D eigenvalue weighted by Crippen LogP contribution is 2.34. The Morgan fingerprint density at radius 1 is 1.18 bits per heavy atom. The number of anilines is 1. The van der Waals surface area contributed by atoms with Gasteiger partial charge in [-0.25, -0.2) is 0 Å². The quantitative estimate of drug-likeness (QED) is 0.397. The van der Waals surface area contributed by atoms with Gasteiger partial charge in [-0.2, -0.15) is 27.2 Å². The van der Waals surface area contributed by atoms with Gasteiger partial charge in [-0.15, -0.1) is 0 Å². The van der Waals surface area contributed by atoms with Crippen molar-refractivity contribution >= 4 is 29.3 Å². The number of hydrogen-bond donors (Lipinski definition) is 1. The molecule has 0 spiro atoms. The van der Waals surface area contributed by atoms with Crippen LogP contribution in [0.15, 0.2) is 48.0 Å². The predicted octanol–water partition coefficient (Wildman–Crippen LogP) is 5.51. The fraction of sp³-hybridized carbons (Fsp3) is 0.111. The number of nitrogens with one attached hydrogen (secondary N) is 1. The van der Waals surface area contributed by atoms with E-state index in [4.69, 9.17) is 16.9 Å². The minimum Gasteiger partial charge on any atom is -0.435 e. The lowest BCUT2D eigenvalue weighted by atomic mass is 10.1. The summed E-state index contributed by atoms with van der Waals surface area (Å²) in [6, 6.07) is 9.02. The van der Waals surface area contributed by atoms with Crippen LogP contribution in [0.2, 0.25) is 5.02 Å². The van der Waals surface area contributed by atoms with Crippen LogP contribution in [0, 0.1) is 11.3 Å². The van der Waals surface area contributed by atoms with E-state index >= 15 is 0 Å². The number of alkyl halides is 5. The van der Waals surface area contributed by atoms with Crippen LogP contribution in [-0.2, 0) is 11.0 Å². The molecule has 2 aromatic rings. The Labute approximate surface area is 160 Å². The lowest BCUT2D eigenvalue weighted by Gasteiger charge is -2.11. The molecule has 4 nitrogen and oxygen atoms in total. The zero-order valence-electron chi connectivity index (χ0n) is 13.7. The summed E-state index contributed by atoms with van der Waals surface area (Å²) >= 11 is 5.80. The van der Waals surface area contributed by atoms with E-state index < -0.39 is 29.8 Å². The lowest BCUT2D eigenvalue weighted by Crippen LogP contribution is -2.15. The second kappa shape index (κ2) is 8.71. The van der Waals surface area contributed by atoms with Gasteiger partial charge in [0, 0.05) is 0 Å². The highest BCUT2D eigenvalue weighted by atomic mass is 35.5. The maximum absolute atomic E-state index is 12.8. The maximum Gasteiger partial charge on any atom is 0.416 e. The van der Waals surface area contributed by atoms with E-state index in [1.54, 1.807) is 6.07 Å². The van der Waals surface area contributed by atoms with Gasteiger partial charge in [0.1, 0.15) is 17.4 Å². The van der Waals surface area contributed by atoms with E-state index in [9.17, 15) is 26.7 Å². The second-order valence-corrected chi connectivity index (χ2v) is 5.67. The molecule has 0 fully saturated rings. The predicted molar refractivity (Wildman–Crippen MR) is 91.7 cm³/mol. The Hall–Kier alpha value is -3.12. The molecule has 2 rings (SSSR count).